The van der Waals surface area contributed by atoms with E-state index in [2.05, 4.69) is 35.3 Å². The zero-order valence-corrected chi connectivity index (χ0v) is 9.69. The predicted molar refractivity (Wildman–Crippen MR) is 62.5 cm³/mol. The van der Waals surface area contributed by atoms with Crippen LogP contribution >= 0.6 is 0 Å². The Morgan fingerprint density at radius 1 is 1.31 bits per heavy atom. The van der Waals surface area contributed by atoms with Crippen LogP contribution in [0.3, 0.4) is 0 Å². The standard InChI is InChI=1S/C12H15N3O/c1-8(2)9-5-4-6-10(12(9)16-3)11-7-13-15-14-11/h4-8H,1-3H3,(H,13,14,15). The zero-order chi connectivity index (χ0) is 11.5. The third kappa shape index (κ3) is 1.78. The number of para-hydroxylation sites is 1. The molecule has 0 saturated carbocycles. The van der Waals surface area contributed by atoms with Crippen molar-refractivity contribution >= 4 is 0 Å². The van der Waals surface area contributed by atoms with Crippen molar-refractivity contribution < 1.29 is 4.74 Å². The van der Waals surface area contributed by atoms with E-state index in [9.17, 15) is 0 Å². The van der Waals surface area contributed by atoms with E-state index in [0.29, 0.717) is 5.92 Å². The van der Waals surface area contributed by atoms with Gasteiger partial charge in [0, 0.05) is 5.56 Å². The Hall–Kier alpha value is -1.84. The highest BCUT2D eigenvalue weighted by molar-refractivity contribution is 5.68. The summed E-state index contributed by atoms with van der Waals surface area (Å²) in [6.07, 6.45) is 1.70. The van der Waals surface area contributed by atoms with Crippen LogP contribution in [0.4, 0.5) is 0 Å². The van der Waals surface area contributed by atoms with E-state index in [1.807, 2.05) is 12.1 Å². The maximum atomic E-state index is 5.48. The van der Waals surface area contributed by atoms with Gasteiger partial charge in [-0.05, 0) is 17.5 Å². The molecule has 0 aliphatic rings. The summed E-state index contributed by atoms with van der Waals surface area (Å²) in [4.78, 5) is 0. The Kier molecular flexibility index (Phi) is 2.90. The Bertz CT molecular complexity index is 463. The maximum Gasteiger partial charge on any atom is 0.131 e. The molecule has 4 heteroatoms. The van der Waals surface area contributed by atoms with Gasteiger partial charge in [0.2, 0.25) is 0 Å². The highest BCUT2D eigenvalue weighted by Crippen LogP contribution is 2.35. The van der Waals surface area contributed by atoms with Crippen molar-refractivity contribution in [1.29, 1.82) is 0 Å². The summed E-state index contributed by atoms with van der Waals surface area (Å²) in [7, 11) is 1.69. The van der Waals surface area contributed by atoms with Crippen LogP contribution in [0, 0.1) is 0 Å². The van der Waals surface area contributed by atoms with Crippen molar-refractivity contribution in [1.82, 2.24) is 15.4 Å². The second-order valence-corrected chi connectivity index (χ2v) is 3.94. The van der Waals surface area contributed by atoms with Crippen LogP contribution in [-0.2, 0) is 0 Å². The molecule has 0 saturated heterocycles. The van der Waals surface area contributed by atoms with Crippen LogP contribution in [0.15, 0.2) is 24.4 Å². The van der Waals surface area contributed by atoms with E-state index in [0.717, 1.165) is 17.0 Å². The molecular weight excluding hydrogens is 202 g/mol. The fourth-order valence-corrected chi connectivity index (χ4v) is 1.77. The summed E-state index contributed by atoms with van der Waals surface area (Å²) in [5.41, 5.74) is 2.96. The highest BCUT2D eigenvalue weighted by Gasteiger charge is 2.14. The molecule has 0 aliphatic heterocycles. The molecule has 0 unspecified atom stereocenters. The Balaban J connectivity index is 2.58. The quantitative estimate of drug-likeness (QED) is 0.859. The molecule has 0 spiro atoms. The number of aromatic nitrogens is 3. The van der Waals surface area contributed by atoms with Crippen LogP contribution in [0.5, 0.6) is 5.75 Å². The first-order valence-corrected chi connectivity index (χ1v) is 5.27. The number of hydrogen-bond acceptors (Lipinski definition) is 3. The van der Waals surface area contributed by atoms with Gasteiger partial charge in [-0.2, -0.15) is 15.4 Å². The second kappa shape index (κ2) is 4.35. The zero-order valence-electron chi connectivity index (χ0n) is 9.69. The number of rotatable bonds is 3. The van der Waals surface area contributed by atoms with Crippen molar-refractivity contribution in [3.8, 4) is 17.0 Å². The van der Waals surface area contributed by atoms with Gasteiger partial charge in [0.15, 0.2) is 0 Å². The lowest BCUT2D eigenvalue weighted by molar-refractivity contribution is 0.409. The number of H-pyrrole nitrogens is 1. The highest BCUT2D eigenvalue weighted by atomic mass is 16.5. The minimum Gasteiger partial charge on any atom is -0.496 e. The van der Waals surface area contributed by atoms with Gasteiger partial charge in [-0.1, -0.05) is 26.0 Å². The molecule has 0 atom stereocenters. The summed E-state index contributed by atoms with van der Waals surface area (Å²) < 4.78 is 5.48. The van der Waals surface area contributed by atoms with Crippen molar-refractivity contribution in [3.63, 3.8) is 0 Å². The SMILES string of the molecule is COc1c(-c2cn[nH]n2)cccc1C(C)C. The monoisotopic (exact) mass is 217 g/mol. The van der Waals surface area contributed by atoms with E-state index >= 15 is 0 Å². The number of ether oxygens (including phenoxy) is 1. The molecule has 4 nitrogen and oxygen atoms in total. The molecule has 0 radical (unpaired) electrons. The molecule has 1 aromatic heterocycles. The van der Waals surface area contributed by atoms with Gasteiger partial charge in [0.05, 0.1) is 13.3 Å². The summed E-state index contributed by atoms with van der Waals surface area (Å²) in [6.45, 7) is 4.29. The molecule has 1 aromatic carbocycles. The molecule has 0 aliphatic carbocycles. The third-order valence-corrected chi connectivity index (χ3v) is 2.56. The van der Waals surface area contributed by atoms with E-state index in [-0.39, 0.29) is 0 Å². The molecule has 84 valence electrons. The molecule has 2 rings (SSSR count). The number of hydrogen-bond donors (Lipinski definition) is 1. The summed E-state index contributed by atoms with van der Waals surface area (Å²) in [5.74, 6) is 1.30. The van der Waals surface area contributed by atoms with Gasteiger partial charge in [0.25, 0.3) is 0 Å². The average Bonchev–Trinajstić information content (AvgIpc) is 2.81. The molecular formula is C12H15N3O. The van der Waals surface area contributed by atoms with Gasteiger partial charge in [-0.25, -0.2) is 0 Å². The van der Waals surface area contributed by atoms with Crippen molar-refractivity contribution in [2.45, 2.75) is 19.8 Å². The van der Waals surface area contributed by atoms with Crippen LogP contribution < -0.4 is 4.74 Å². The third-order valence-electron chi connectivity index (χ3n) is 2.56. The van der Waals surface area contributed by atoms with E-state index < -0.39 is 0 Å². The first kappa shape index (κ1) is 10.7. The molecule has 1 heterocycles. The number of benzene rings is 1. The normalized spacial score (nSPS) is 10.8. The van der Waals surface area contributed by atoms with Crippen molar-refractivity contribution in [3.05, 3.63) is 30.0 Å². The number of methoxy groups -OCH3 is 1. The largest absolute Gasteiger partial charge is 0.496 e. The van der Waals surface area contributed by atoms with Crippen LogP contribution in [-0.4, -0.2) is 22.5 Å². The first-order valence-electron chi connectivity index (χ1n) is 5.27. The summed E-state index contributed by atoms with van der Waals surface area (Å²) in [6, 6.07) is 6.08. The van der Waals surface area contributed by atoms with Crippen LogP contribution in [0.2, 0.25) is 0 Å². The van der Waals surface area contributed by atoms with Crippen LogP contribution in [0.25, 0.3) is 11.3 Å². The molecule has 1 N–H and O–H groups in total. The van der Waals surface area contributed by atoms with Crippen molar-refractivity contribution in [2.75, 3.05) is 7.11 Å². The van der Waals surface area contributed by atoms with E-state index in [1.165, 1.54) is 5.56 Å². The minimum atomic E-state index is 0.418. The lowest BCUT2D eigenvalue weighted by Crippen LogP contribution is -1.96. The number of aromatic amines is 1. The second-order valence-electron chi connectivity index (χ2n) is 3.94. The topological polar surface area (TPSA) is 50.8 Å². The van der Waals surface area contributed by atoms with Gasteiger partial charge >= 0.3 is 0 Å². The average molecular weight is 217 g/mol. The smallest absolute Gasteiger partial charge is 0.131 e. The van der Waals surface area contributed by atoms with Gasteiger partial charge in [0.1, 0.15) is 11.4 Å². The maximum absolute atomic E-state index is 5.48. The van der Waals surface area contributed by atoms with Crippen LogP contribution in [0.1, 0.15) is 25.3 Å². The lowest BCUT2D eigenvalue weighted by Gasteiger charge is -2.14. The Morgan fingerprint density at radius 3 is 2.69 bits per heavy atom. The van der Waals surface area contributed by atoms with Gasteiger partial charge < -0.3 is 4.74 Å². The molecule has 0 fully saturated rings. The minimum absolute atomic E-state index is 0.418. The fourth-order valence-electron chi connectivity index (χ4n) is 1.77. The Labute approximate surface area is 94.6 Å². The lowest BCUT2D eigenvalue weighted by atomic mass is 9.98. The molecule has 16 heavy (non-hydrogen) atoms. The van der Waals surface area contributed by atoms with E-state index in [1.54, 1.807) is 13.3 Å². The number of nitrogens with zero attached hydrogens (tertiary/aromatic N) is 2. The fraction of sp³-hybridized carbons (Fsp3) is 0.333. The predicted octanol–water partition coefficient (Wildman–Crippen LogP) is 2.60. The summed E-state index contributed by atoms with van der Waals surface area (Å²) >= 11 is 0. The molecule has 0 bridgehead atoms. The van der Waals surface area contributed by atoms with E-state index in [4.69, 9.17) is 4.74 Å². The number of nitrogens with one attached hydrogen (secondary N) is 1. The Morgan fingerprint density at radius 2 is 2.12 bits per heavy atom. The molecule has 0 amide bonds. The van der Waals surface area contributed by atoms with Crippen molar-refractivity contribution in [2.24, 2.45) is 0 Å². The van der Waals surface area contributed by atoms with Gasteiger partial charge in [-0.3, -0.25) is 0 Å². The van der Waals surface area contributed by atoms with Gasteiger partial charge in [-0.15, -0.1) is 0 Å². The molecule has 2 aromatic rings. The summed E-state index contributed by atoms with van der Waals surface area (Å²) in [5, 5.41) is 10.5. The first-order chi connectivity index (χ1) is 7.74.